The molecule has 5 heteroatoms. The minimum atomic E-state index is -4.62. The van der Waals surface area contributed by atoms with E-state index in [9.17, 15) is 12.9 Å². The molecule has 2 unspecified atom stereocenters. The van der Waals surface area contributed by atoms with Crippen LogP contribution in [-0.2, 0) is 0 Å². The molecule has 1 aliphatic carbocycles. The summed E-state index contributed by atoms with van der Waals surface area (Å²) in [6.45, 7) is -3.96. The molecule has 2 atom stereocenters. The molecule has 0 spiro atoms. The first-order valence-electron chi connectivity index (χ1n) is 5.01. The highest BCUT2D eigenvalue weighted by Crippen LogP contribution is 2.38. The van der Waals surface area contributed by atoms with Gasteiger partial charge >= 0.3 is 6.98 Å². The van der Waals surface area contributed by atoms with Crippen LogP contribution < -0.4 is 0 Å². The normalized spacial score (nSPS) is 35.3. The van der Waals surface area contributed by atoms with Crippen molar-refractivity contribution in [2.45, 2.75) is 31.7 Å². The summed E-state index contributed by atoms with van der Waals surface area (Å²) >= 11 is 0. The number of hydrogen-bond acceptors (Lipinski definition) is 1. The van der Waals surface area contributed by atoms with Crippen LogP contribution in [0.25, 0.3) is 0 Å². The van der Waals surface area contributed by atoms with Crippen LogP contribution in [0.5, 0.6) is 0 Å². The van der Waals surface area contributed by atoms with E-state index in [-0.39, 0.29) is 6.04 Å². The van der Waals surface area contributed by atoms with Crippen molar-refractivity contribution >= 4 is 6.98 Å². The predicted molar refractivity (Wildman–Crippen MR) is 46.4 cm³/mol. The van der Waals surface area contributed by atoms with E-state index in [0.29, 0.717) is 12.5 Å². The van der Waals surface area contributed by atoms with Gasteiger partial charge in [-0.25, -0.2) is 0 Å². The highest BCUT2D eigenvalue weighted by molar-refractivity contribution is 6.58. The van der Waals surface area contributed by atoms with Crippen LogP contribution in [0, 0.1) is 5.92 Å². The summed E-state index contributed by atoms with van der Waals surface area (Å²) in [4.78, 5) is 1.65. The zero-order chi connectivity index (χ0) is 9.47. The Balaban J connectivity index is 1.94. The first-order valence-corrected chi connectivity index (χ1v) is 5.01. The van der Waals surface area contributed by atoms with Crippen LogP contribution in [0.3, 0.4) is 0 Å². The summed E-state index contributed by atoms with van der Waals surface area (Å²) in [6.07, 6.45) is 3.59. The first kappa shape index (κ1) is 9.37. The summed E-state index contributed by atoms with van der Waals surface area (Å²) in [7, 11) is 0. The average molecular weight is 192 g/mol. The maximum Gasteiger partial charge on any atom is 0.492 e. The second-order valence-electron chi connectivity index (χ2n) is 4.25. The standard InChI is InChI=1S/C8H14BF3N/c10-9(11,12)6-13-5-4-7-2-1-3-8(7)13/h7-8H,1-6H2/q-1. The van der Waals surface area contributed by atoms with E-state index in [2.05, 4.69) is 0 Å². The number of fused-ring (bicyclic) bond motifs is 1. The summed E-state index contributed by atoms with van der Waals surface area (Å²) < 4.78 is 36.6. The van der Waals surface area contributed by atoms with Crippen molar-refractivity contribution in [3.05, 3.63) is 0 Å². The summed E-state index contributed by atoms with van der Waals surface area (Å²) in [6, 6.07) is 0.253. The van der Waals surface area contributed by atoms with Crippen molar-refractivity contribution in [3.63, 3.8) is 0 Å². The van der Waals surface area contributed by atoms with Crippen molar-refractivity contribution in [2.75, 3.05) is 13.0 Å². The van der Waals surface area contributed by atoms with Gasteiger partial charge in [-0.1, -0.05) is 6.42 Å². The number of nitrogens with zero attached hydrogens (tertiary/aromatic N) is 1. The van der Waals surface area contributed by atoms with E-state index in [4.69, 9.17) is 0 Å². The molecule has 0 aromatic carbocycles. The molecular weight excluding hydrogens is 178 g/mol. The summed E-state index contributed by atoms with van der Waals surface area (Å²) in [5.41, 5.74) is 0. The monoisotopic (exact) mass is 192 g/mol. The van der Waals surface area contributed by atoms with Gasteiger partial charge in [-0.3, -0.25) is 0 Å². The van der Waals surface area contributed by atoms with E-state index in [1.54, 1.807) is 4.90 Å². The fourth-order valence-electron chi connectivity index (χ4n) is 2.82. The average Bonchev–Trinajstić information content (AvgIpc) is 2.50. The minimum Gasteiger partial charge on any atom is -0.448 e. The maximum atomic E-state index is 12.2. The van der Waals surface area contributed by atoms with E-state index < -0.39 is 13.4 Å². The van der Waals surface area contributed by atoms with E-state index in [1.165, 1.54) is 0 Å². The van der Waals surface area contributed by atoms with Crippen molar-refractivity contribution in [1.29, 1.82) is 0 Å². The summed E-state index contributed by atoms with van der Waals surface area (Å²) in [5.74, 6) is 0.568. The maximum absolute atomic E-state index is 12.2. The largest absolute Gasteiger partial charge is 0.492 e. The van der Waals surface area contributed by atoms with Gasteiger partial charge in [0.05, 0.1) is 0 Å². The molecule has 0 N–H and O–H groups in total. The number of rotatable bonds is 2. The van der Waals surface area contributed by atoms with Crippen LogP contribution >= 0.6 is 0 Å². The Morgan fingerprint density at radius 3 is 2.62 bits per heavy atom. The smallest absolute Gasteiger partial charge is 0.448 e. The number of halogens is 3. The van der Waals surface area contributed by atoms with E-state index in [1.807, 2.05) is 0 Å². The second kappa shape index (κ2) is 3.19. The molecule has 1 heterocycles. The third-order valence-electron chi connectivity index (χ3n) is 3.32. The SMILES string of the molecule is F[B-](F)(F)CN1CCC2CCCC21. The Labute approximate surface area is 76.3 Å². The topological polar surface area (TPSA) is 3.24 Å². The van der Waals surface area contributed by atoms with Crippen LogP contribution in [0.15, 0.2) is 0 Å². The van der Waals surface area contributed by atoms with Crippen LogP contribution in [0.4, 0.5) is 12.9 Å². The Morgan fingerprint density at radius 1 is 1.15 bits per heavy atom. The van der Waals surface area contributed by atoms with Crippen LogP contribution in [0.2, 0.25) is 0 Å². The van der Waals surface area contributed by atoms with Crippen molar-refractivity contribution in [1.82, 2.24) is 4.90 Å². The van der Waals surface area contributed by atoms with Crippen LogP contribution in [0.1, 0.15) is 25.7 Å². The molecule has 1 saturated heterocycles. The van der Waals surface area contributed by atoms with Gasteiger partial charge in [0.25, 0.3) is 0 Å². The Hall–Kier alpha value is -0.185. The van der Waals surface area contributed by atoms with Crippen molar-refractivity contribution < 1.29 is 12.9 Å². The lowest BCUT2D eigenvalue weighted by Crippen LogP contribution is -2.41. The van der Waals surface area contributed by atoms with Crippen LogP contribution in [-0.4, -0.2) is 30.9 Å². The molecule has 1 saturated carbocycles. The van der Waals surface area contributed by atoms with Gasteiger partial charge in [0.2, 0.25) is 0 Å². The Bertz CT molecular complexity index is 194. The second-order valence-corrected chi connectivity index (χ2v) is 4.25. The number of likely N-dealkylation sites (tertiary alicyclic amines) is 1. The van der Waals surface area contributed by atoms with Crippen molar-refractivity contribution in [2.24, 2.45) is 5.92 Å². The highest BCUT2D eigenvalue weighted by Gasteiger charge is 2.40. The third-order valence-corrected chi connectivity index (χ3v) is 3.32. The van der Waals surface area contributed by atoms with Gasteiger partial charge in [0.15, 0.2) is 0 Å². The van der Waals surface area contributed by atoms with Gasteiger partial charge < -0.3 is 17.8 Å². The lowest BCUT2D eigenvalue weighted by Gasteiger charge is -2.28. The fourth-order valence-corrected chi connectivity index (χ4v) is 2.82. The molecule has 1 aliphatic heterocycles. The molecule has 0 aromatic rings. The molecule has 76 valence electrons. The molecule has 0 radical (unpaired) electrons. The molecule has 0 aromatic heterocycles. The van der Waals surface area contributed by atoms with Gasteiger partial charge in [0.1, 0.15) is 0 Å². The predicted octanol–water partition coefficient (Wildman–Crippen LogP) is 2.25. The molecule has 13 heavy (non-hydrogen) atoms. The fraction of sp³-hybridized carbons (Fsp3) is 1.00. The molecule has 2 fully saturated rings. The molecule has 0 bridgehead atoms. The van der Waals surface area contributed by atoms with Gasteiger partial charge in [0, 0.05) is 6.04 Å². The van der Waals surface area contributed by atoms with E-state index >= 15 is 0 Å². The van der Waals surface area contributed by atoms with Gasteiger partial charge in [-0.2, -0.15) is 0 Å². The lowest BCUT2D eigenvalue weighted by molar-refractivity contribution is 0.248. The minimum absolute atomic E-state index is 0.253. The molecule has 1 nitrogen and oxygen atoms in total. The van der Waals surface area contributed by atoms with Gasteiger partial charge in [-0.15, -0.1) is 0 Å². The first-order chi connectivity index (χ1) is 6.06. The Morgan fingerprint density at radius 2 is 1.92 bits per heavy atom. The molecule has 2 rings (SSSR count). The molecular formula is C8H14BF3N-. The molecule has 0 amide bonds. The lowest BCUT2D eigenvalue weighted by atomic mass is 9.90. The van der Waals surface area contributed by atoms with Gasteiger partial charge in [-0.05, 0) is 38.2 Å². The quantitative estimate of drug-likeness (QED) is 0.606. The Kier molecular flexibility index (Phi) is 2.30. The molecule has 2 aliphatic rings. The zero-order valence-corrected chi connectivity index (χ0v) is 7.56. The summed E-state index contributed by atoms with van der Waals surface area (Å²) in [5, 5.41) is 0. The highest BCUT2D eigenvalue weighted by atomic mass is 19.4. The zero-order valence-electron chi connectivity index (χ0n) is 7.56. The van der Waals surface area contributed by atoms with E-state index in [0.717, 1.165) is 25.7 Å². The third kappa shape index (κ3) is 2.01. The van der Waals surface area contributed by atoms with Crippen molar-refractivity contribution in [3.8, 4) is 0 Å². The number of hydrogen-bond donors (Lipinski definition) is 0.